The largest absolute Gasteiger partial charge is 0.495 e. The van der Waals surface area contributed by atoms with Crippen molar-refractivity contribution in [1.29, 1.82) is 0 Å². The molecule has 2 heterocycles. The Morgan fingerprint density at radius 2 is 1.80 bits per heavy atom. The highest BCUT2D eigenvalue weighted by Gasteiger charge is 2.30. The Morgan fingerprint density at radius 3 is 2.46 bits per heavy atom. The second-order valence-corrected chi connectivity index (χ2v) is 10.3. The molecule has 1 fully saturated rings. The van der Waals surface area contributed by atoms with Gasteiger partial charge in [0, 0.05) is 37.0 Å². The molecule has 1 saturated heterocycles. The van der Waals surface area contributed by atoms with Crippen LogP contribution >= 0.6 is 0 Å². The zero-order valence-corrected chi connectivity index (χ0v) is 20.3. The number of para-hydroxylation sites is 2. The van der Waals surface area contributed by atoms with Gasteiger partial charge in [-0.15, -0.1) is 0 Å². The van der Waals surface area contributed by atoms with Crippen LogP contribution in [0, 0.1) is 11.7 Å². The molecule has 0 N–H and O–H groups in total. The van der Waals surface area contributed by atoms with Crippen LogP contribution in [0.25, 0.3) is 0 Å². The van der Waals surface area contributed by atoms with Crippen LogP contribution in [0.5, 0.6) is 5.75 Å². The van der Waals surface area contributed by atoms with E-state index in [4.69, 9.17) is 4.74 Å². The van der Waals surface area contributed by atoms with Gasteiger partial charge >= 0.3 is 0 Å². The van der Waals surface area contributed by atoms with E-state index < -0.39 is 10.0 Å². The Kier molecular flexibility index (Phi) is 7.77. The van der Waals surface area contributed by atoms with E-state index >= 15 is 0 Å². The molecule has 0 saturated carbocycles. The summed E-state index contributed by atoms with van der Waals surface area (Å²) in [6, 6.07) is 15.8. The monoisotopic (exact) mass is 497 g/mol. The van der Waals surface area contributed by atoms with Crippen LogP contribution in [0.4, 0.5) is 10.1 Å². The summed E-state index contributed by atoms with van der Waals surface area (Å²) in [6.45, 7) is 2.05. The third-order valence-corrected chi connectivity index (χ3v) is 8.08. The lowest BCUT2D eigenvalue weighted by atomic mass is 9.89. The number of sulfonamides is 1. The summed E-state index contributed by atoms with van der Waals surface area (Å²) in [7, 11) is -2.36. The number of nitrogens with zero attached hydrogens (tertiary/aromatic N) is 3. The summed E-state index contributed by atoms with van der Waals surface area (Å²) in [4.78, 5) is 19.0. The number of halogens is 1. The van der Waals surface area contributed by atoms with Gasteiger partial charge in [0.05, 0.1) is 12.8 Å². The molecule has 1 aliphatic heterocycles. The van der Waals surface area contributed by atoms with Crippen molar-refractivity contribution in [1.82, 2.24) is 9.88 Å². The maximum absolute atomic E-state index is 13.5. The van der Waals surface area contributed by atoms with Gasteiger partial charge in [0.2, 0.25) is 0 Å². The van der Waals surface area contributed by atoms with E-state index in [0.29, 0.717) is 49.5 Å². The van der Waals surface area contributed by atoms with Gasteiger partial charge in [-0.1, -0.05) is 12.1 Å². The second kappa shape index (κ2) is 11.0. The molecule has 1 aliphatic rings. The fourth-order valence-electron chi connectivity index (χ4n) is 4.33. The van der Waals surface area contributed by atoms with Crippen molar-refractivity contribution < 1.29 is 22.3 Å². The summed E-state index contributed by atoms with van der Waals surface area (Å²) in [5.41, 5.74) is 0.981. The summed E-state index contributed by atoms with van der Waals surface area (Å²) >= 11 is 0. The number of likely N-dealkylation sites (tertiary alicyclic amines) is 1. The highest BCUT2D eigenvalue weighted by atomic mass is 32.2. The standard InChI is InChI=1S/C26H28FN3O4S/c1-34-25-7-3-2-6-24(25)30(35(32,33)23-5-4-14-28-19-23)18-17-29-15-12-21(13-16-29)26(31)20-8-10-22(27)11-9-20/h2-11,14,19,21H,12-13,15-18H2,1H3. The molecule has 0 bridgehead atoms. The third kappa shape index (κ3) is 5.68. The molecular weight excluding hydrogens is 469 g/mol. The molecule has 0 atom stereocenters. The highest BCUT2D eigenvalue weighted by Crippen LogP contribution is 2.32. The fraction of sp³-hybridized carbons (Fsp3) is 0.308. The van der Waals surface area contributed by atoms with Gasteiger partial charge in [-0.3, -0.25) is 14.1 Å². The van der Waals surface area contributed by atoms with Crippen molar-refractivity contribution in [2.75, 3.05) is 37.6 Å². The molecule has 0 aliphatic carbocycles. The molecule has 1 aromatic heterocycles. The van der Waals surface area contributed by atoms with Gasteiger partial charge in [0.15, 0.2) is 5.78 Å². The van der Waals surface area contributed by atoms with Crippen LogP contribution in [-0.2, 0) is 10.0 Å². The number of ether oxygens (including phenoxy) is 1. The lowest BCUT2D eigenvalue weighted by molar-refractivity contribution is 0.0843. The van der Waals surface area contributed by atoms with Crippen LogP contribution in [0.15, 0.2) is 78.0 Å². The molecule has 9 heteroatoms. The number of piperidine rings is 1. The number of aromatic nitrogens is 1. The lowest BCUT2D eigenvalue weighted by Crippen LogP contribution is -2.43. The summed E-state index contributed by atoms with van der Waals surface area (Å²) in [5, 5.41) is 0. The van der Waals surface area contributed by atoms with Gasteiger partial charge in [-0.2, -0.15) is 0 Å². The smallest absolute Gasteiger partial charge is 0.266 e. The van der Waals surface area contributed by atoms with Crippen molar-refractivity contribution in [3.8, 4) is 5.75 Å². The van der Waals surface area contributed by atoms with Crippen LogP contribution in [0.3, 0.4) is 0 Å². The van der Waals surface area contributed by atoms with Gasteiger partial charge in [-0.25, -0.2) is 12.8 Å². The predicted octanol–water partition coefficient (Wildman–Crippen LogP) is 4.02. The first-order valence-electron chi connectivity index (χ1n) is 11.5. The van der Waals surface area contributed by atoms with E-state index in [1.165, 1.54) is 54.1 Å². The Bertz CT molecular complexity index is 1250. The number of pyridine rings is 1. The molecule has 3 aromatic rings. The molecule has 0 amide bonds. The topological polar surface area (TPSA) is 79.8 Å². The number of hydrogen-bond acceptors (Lipinski definition) is 6. The number of ketones is 1. The average Bonchev–Trinajstić information content (AvgIpc) is 2.90. The molecule has 35 heavy (non-hydrogen) atoms. The Labute approximate surface area is 205 Å². The zero-order chi connectivity index (χ0) is 24.8. The van der Waals surface area contributed by atoms with Crippen molar-refractivity contribution in [3.63, 3.8) is 0 Å². The number of rotatable bonds is 9. The molecule has 0 spiro atoms. The van der Waals surface area contributed by atoms with Crippen molar-refractivity contribution in [3.05, 3.63) is 84.4 Å². The van der Waals surface area contributed by atoms with Crippen LogP contribution in [-0.4, -0.2) is 57.4 Å². The minimum absolute atomic E-state index is 0.0273. The molecule has 2 aromatic carbocycles. The van der Waals surface area contributed by atoms with E-state index in [2.05, 4.69) is 9.88 Å². The summed E-state index contributed by atoms with van der Waals surface area (Å²) in [5.74, 6) is 0.00128. The van der Waals surface area contributed by atoms with Gasteiger partial charge in [0.1, 0.15) is 16.5 Å². The number of benzene rings is 2. The van der Waals surface area contributed by atoms with Gasteiger partial charge in [0.25, 0.3) is 10.0 Å². The number of carbonyl (C=O) groups excluding carboxylic acids is 1. The van der Waals surface area contributed by atoms with Crippen LogP contribution in [0.1, 0.15) is 23.2 Å². The van der Waals surface area contributed by atoms with E-state index in [-0.39, 0.29) is 29.0 Å². The van der Waals surface area contributed by atoms with Crippen LogP contribution in [0.2, 0.25) is 0 Å². The fourth-order valence-corrected chi connectivity index (χ4v) is 5.76. The Hall–Kier alpha value is -3.30. The number of Topliss-reactive ketones (excluding diaryl/α,β-unsaturated/α-hetero) is 1. The minimum Gasteiger partial charge on any atom is -0.495 e. The Morgan fingerprint density at radius 1 is 1.09 bits per heavy atom. The van der Waals surface area contributed by atoms with Crippen LogP contribution < -0.4 is 9.04 Å². The highest BCUT2D eigenvalue weighted by molar-refractivity contribution is 7.92. The number of methoxy groups -OCH3 is 1. The van der Waals surface area contributed by atoms with E-state index in [0.717, 1.165) is 0 Å². The quantitative estimate of drug-likeness (QED) is 0.416. The second-order valence-electron chi connectivity index (χ2n) is 8.42. The molecular formula is C26H28FN3O4S. The number of carbonyl (C=O) groups is 1. The van der Waals surface area contributed by atoms with Crippen molar-refractivity contribution in [2.45, 2.75) is 17.7 Å². The summed E-state index contributed by atoms with van der Waals surface area (Å²) < 4.78 is 47.1. The van der Waals surface area contributed by atoms with E-state index in [1.807, 2.05) is 0 Å². The van der Waals surface area contributed by atoms with Crippen molar-refractivity contribution in [2.24, 2.45) is 5.92 Å². The van der Waals surface area contributed by atoms with E-state index in [9.17, 15) is 17.6 Å². The first-order valence-corrected chi connectivity index (χ1v) is 12.9. The lowest BCUT2D eigenvalue weighted by Gasteiger charge is -2.33. The maximum atomic E-state index is 13.5. The first-order chi connectivity index (χ1) is 16.9. The third-order valence-electron chi connectivity index (χ3n) is 6.28. The predicted molar refractivity (Wildman–Crippen MR) is 132 cm³/mol. The molecule has 4 rings (SSSR count). The molecule has 7 nitrogen and oxygen atoms in total. The summed E-state index contributed by atoms with van der Waals surface area (Å²) in [6.07, 6.45) is 4.20. The first kappa shape index (κ1) is 24.8. The zero-order valence-electron chi connectivity index (χ0n) is 19.5. The van der Waals surface area contributed by atoms with Gasteiger partial charge in [-0.05, 0) is 74.5 Å². The maximum Gasteiger partial charge on any atom is 0.266 e. The average molecular weight is 498 g/mol. The molecule has 0 unspecified atom stereocenters. The number of anilines is 1. The molecule has 184 valence electrons. The minimum atomic E-state index is -3.87. The Balaban J connectivity index is 1.46. The number of hydrogen-bond donors (Lipinski definition) is 0. The van der Waals surface area contributed by atoms with Crippen molar-refractivity contribution >= 4 is 21.5 Å². The van der Waals surface area contributed by atoms with Gasteiger partial charge < -0.3 is 9.64 Å². The molecule has 0 radical (unpaired) electrons. The normalized spacial score (nSPS) is 15.0. The SMILES string of the molecule is COc1ccccc1N(CCN1CCC(C(=O)c2ccc(F)cc2)CC1)S(=O)(=O)c1cccnc1. The van der Waals surface area contributed by atoms with E-state index in [1.54, 1.807) is 30.3 Å².